The van der Waals surface area contributed by atoms with Gasteiger partial charge in [-0.05, 0) is 55.6 Å². The maximum Gasteiger partial charge on any atom is 0.127 e. The molecule has 1 heterocycles. The smallest absolute Gasteiger partial charge is 0.127 e. The van der Waals surface area contributed by atoms with Crippen molar-refractivity contribution in [3.05, 3.63) is 60.2 Å². The first-order valence-corrected chi connectivity index (χ1v) is 8.00. The summed E-state index contributed by atoms with van der Waals surface area (Å²) < 4.78 is 5.91. The summed E-state index contributed by atoms with van der Waals surface area (Å²) in [4.78, 5) is 2.51. The molecule has 0 aromatic heterocycles. The van der Waals surface area contributed by atoms with Crippen molar-refractivity contribution in [3.63, 3.8) is 0 Å². The Kier molecular flexibility index (Phi) is 4.76. The number of nitrogens with two attached hydrogens (primary N) is 1. The number of rotatable bonds is 5. The molecule has 22 heavy (non-hydrogen) atoms. The van der Waals surface area contributed by atoms with E-state index in [1.807, 2.05) is 36.4 Å². The van der Waals surface area contributed by atoms with Crippen molar-refractivity contribution in [1.29, 1.82) is 0 Å². The summed E-state index contributed by atoms with van der Waals surface area (Å²) in [5.74, 6) is 2.40. The number of likely N-dealkylation sites (tertiary alicyclic amines) is 1. The summed E-state index contributed by atoms with van der Waals surface area (Å²) in [5.41, 5.74) is 7.10. The van der Waals surface area contributed by atoms with E-state index < -0.39 is 0 Å². The highest BCUT2D eigenvalue weighted by Gasteiger charge is 2.27. The summed E-state index contributed by atoms with van der Waals surface area (Å²) >= 11 is 0. The van der Waals surface area contributed by atoms with E-state index in [0.29, 0.717) is 12.0 Å². The van der Waals surface area contributed by atoms with Crippen LogP contribution in [0, 0.1) is 5.92 Å². The highest BCUT2D eigenvalue weighted by atomic mass is 16.5. The molecule has 1 aliphatic heterocycles. The molecule has 2 N–H and O–H groups in total. The van der Waals surface area contributed by atoms with Crippen LogP contribution in [0.4, 0.5) is 0 Å². The number of nitrogens with zero attached hydrogens (tertiary/aromatic N) is 1. The lowest BCUT2D eigenvalue weighted by atomic mass is 10.1. The molecule has 2 aromatic carbocycles. The van der Waals surface area contributed by atoms with Gasteiger partial charge in [-0.25, -0.2) is 0 Å². The molecule has 3 nitrogen and oxygen atoms in total. The Bertz CT molecular complexity index is 599. The Labute approximate surface area is 132 Å². The van der Waals surface area contributed by atoms with Crippen LogP contribution in [-0.4, -0.2) is 24.0 Å². The van der Waals surface area contributed by atoms with Gasteiger partial charge in [0.15, 0.2) is 0 Å². The van der Waals surface area contributed by atoms with Crippen LogP contribution in [0.1, 0.15) is 18.9 Å². The average molecular weight is 296 g/mol. The molecule has 0 radical (unpaired) electrons. The van der Waals surface area contributed by atoms with Crippen LogP contribution in [-0.2, 0) is 6.54 Å². The molecular formula is C19H24N2O. The van der Waals surface area contributed by atoms with E-state index in [-0.39, 0.29) is 0 Å². The normalized spacial score (nSPS) is 21.9. The van der Waals surface area contributed by atoms with Crippen molar-refractivity contribution < 1.29 is 4.74 Å². The lowest BCUT2D eigenvalue weighted by Gasteiger charge is -2.21. The molecule has 0 aliphatic carbocycles. The molecule has 0 bridgehead atoms. The zero-order valence-electron chi connectivity index (χ0n) is 13.1. The number of benzene rings is 2. The van der Waals surface area contributed by atoms with E-state index in [9.17, 15) is 0 Å². The standard InChI is InChI=1S/C19H24N2O/c1-15-10-17(12-20)14-21(15)13-16-6-5-9-19(11-16)22-18-7-3-2-4-8-18/h2-9,11,15,17H,10,12-14,20H2,1H3. The average Bonchev–Trinajstić information content (AvgIpc) is 2.89. The van der Waals surface area contributed by atoms with Gasteiger partial charge in [-0.3, -0.25) is 4.90 Å². The Morgan fingerprint density at radius 1 is 1.09 bits per heavy atom. The maximum atomic E-state index is 5.91. The summed E-state index contributed by atoms with van der Waals surface area (Å²) in [6, 6.07) is 18.9. The highest BCUT2D eigenvalue weighted by molar-refractivity contribution is 5.33. The molecule has 0 saturated carbocycles. The second-order valence-electron chi connectivity index (χ2n) is 6.18. The van der Waals surface area contributed by atoms with E-state index in [1.165, 1.54) is 12.0 Å². The molecule has 116 valence electrons. The van der Waals surface area contributed by atoms with Crippen molar-refractivity contribution in [2.75, 3.05) is 13.1 Å². The first kappa shape index (κ1) is 15.1. The van der Waals surface area contributed by atoms with Crippen LogP contribution in [0.2, 0.25) is 0 Å². The van der Waals surface area contributed by atoms with Crippen LogP contribution in [0.15, 0.2) is 54.6 Å². The molecular weight excluding hydrogens is 272 g/mol. The van der Waals surface area contributed by atoms with Crippen LogP contribution < -0.4 is 10.5 Å². The second kappa shape index (κ2) is 6.95. The zero-order valence-corrected chi connectivity index (χ0v) is 13.1. The van der Waals surface area contributed by atoms with Crippen molar-refractivity contribution in [1.82, 2.24) is 4.90 Å². The van der Waals surface area contributed by atoms with Crippen LogP contribution >= 0.6 is 0 Å². The molecule has 3 heteroatoms. The fourth-order valence-corrected chi connectivity index (χ4v) is 3.18. The van der Waals surface area contributed by atoms with Gasteiger partial charge in [-0.15, -0.1) is 0 Å². The Morgan fingerprint density at radius 3 is 2.59 bits per heavy atom. The first-order chi connectivity index (χ1) is 10.7. The summed E-state index contributed by atoms with van der Waals surface area (Å²) in [7, 11) is 0. The van der Waals surface area contributed by atoms with E-state index >= 15 is 0 Å². The van der Waals surface area contributed by atoms with Gasteiger partial charge >= 0.3 is 0 Å². The van der Waals surface area contributed by atoms with Crippen LogP contribution in [0.5, 0.6) is 11.5 Å². The molecule has 1 saturated heterocycles. The van der Waals surface area contributed by atoms with Gasteiger partial charge in [0.25, 0.3) is 0 Å². The minimum Gasteiger partial charge on any atom is -0.457 e. The topological polar surface area (TPSA) is 38.5 Å². The number of ether oxygens (including phenoxy) is 1. The summed E-state index contributed by atoms with van der Waals surface area (Å²) in [6.45, 7) is 5.14. The third kappa shape index (κ3) is 3.67. The Morgan fingerprint density at radius 2 is 1.86 bits per heavy atom. The molecule has 1 fully saturated rings. The van der Waals surface area contributed by atoms with E-state index in [2.05, 4.69) is 30.0 Å². The minimum absolute atomic E-state index is 0.604. The molecule has 0 amide bonds. The monoisotopic (exact) mass is 296 g/mol. The van der Waals surface area contributed by atoms with Crippen molar-refractivity contribution in [2.24, 2.45) is 11.7 Å². The molecule has 0 spiro atoms. The van der Waals surface area contributed by atoms with Gasteiger partial charge in [0.05, 0.1) is 0 Å². The van der Waals surface area contributed by atoms with Gasteiger partial charge in [0.1, 0.15) is 11.5 Å². The molecule has 3 rings (SSSR count). The van der Waals surface area contributed by atoms with Crippen LogP contribution in [0.3, 0.4) is 0 Å². The van der Waals surface area contributed by atoms with Crippen molar-refractivity contribution >= 4 is 0 Å². The fraction of sp³-hybridized carbons (Fsp3) is 0.368. The molecule has 1 aliphatic rings. The summed E-state index contributed by atoms with van der Waals surface area (Å²) in [5, 5.41) is 0. The molecule has 2 atom stereocenters. The third-order valence-electron chi connectivity index (χ3n) is 4.39. The maximum absolute atomic E-state index is 5.91. The molecule has 2 aromatic rings. The second-order valence-corrected chi connectivity index (χ2v) is 6.18. The van der Waals surface area contributed by atoms with E-state index in [4.69, 9.17) is 10.5 Å². The molecule has 2 unspecified atom stereocenters. The number of hydrogen-bond donors (Lipinski definition) is 1. The lowest BCUT2D eigenvalue weighted by molar-refractivity contribution is 0.255. The first-order valence-electron chi connectivity index (χ1n) is 8.00. The van der Waals surface area contributed by atoms with Gasteiger partial charge in [-0.2, -0.15) is 0 Å². The minimum atomic E-state index is 0.604. The third-order valence-corrected chi connectivity index (χ3v) is 4.39. The predicted molar refractivity (Wildman–Crippen MR) is 90.0 cm³/mol. The highest BCUT2D eigenvalue weighted by Crippen LogP contribution is 2.26. The SMILES string of the molecule is CC1CC(CN)CN1Cc1cccc(Oc2ccccc2)c1. The quantitative estimate of drug-likeness (QED) is 0.915. The lowest BCUT2D eigenvalue weighted by Crippen LogP contribution is -2.27. The zero-order chi connectivity index (χ0) is 15.4. The predicted octanol–water partition coefficient (Wildman–Crippen LogP) is 3.65. The number of para-hydroxylation sites is 1. The van der Waals surface area contributed by atoms with E-state index in [1.54, 1.807) is 0 Å². The Hall–Kier alpha value is -1.84. The van der Waals surface area contributed by atoms with E-state index in [0.717, 1.165) is 31.1 Å². The van der Waals surface area contributed by atoms with Crippen LogP contribution in [0.25, 0.3) is 0 Å². The fourth-order valence-electron chi connectivity index (χ4n) is 3.18. The van der Waals surface area contributed by atoms with Crippen molar-refractivity contribution in [3.8, 4) is 11.5 Å². The summed E-state index contributed by atoms with van der Waals surface area (Å²) in [6.07, 6.45) is 1.21. The van der Waals surface area contributed by atoms with Gasteiger partial charge in [0, 0.05) is 19.1 Å². The van der Waals surface area contributed by atoms with Gasteiger partial charge in [-0.1, -0.05) is 30.3 Å². The largest absolute Gasteiger partial charge is 0.457 e. The number of hydrogen-bond acceptors (Lipinski definition) is 3. The van der Waals surface area contributed by atoms with Gasteiger partial charge < -0.3 is 10.5 Å². The van der Waals surface area contributed by atoms with Gasteiger partial charge in [0.2, 0.25) is 0 Å². The Balaban J connectivity index is 1.67. The van der Waals surface area contributed by atoms with Crippen molar-refractivity contribution in [2.45, 2.75) is 25.9 Å².